The van der Waals surface area contributed by atoms with Crippen molar-refractivity contribution in [2.75, 3.05) is 25.1 Å². The second-order valence-electron chi connectivity index (χ2n) is 11.1. The van der Waals surface area contributed by atoms with Crippen molar-refractivity contribution < 1.29 is 33.3 Å². The molecule has 2 saturated heterocycles. The van der Waals surface area contributed by atoms with Gasteiger partial charge in [0.05, 0.1) is 19.9 Å². The average Bonchev–Trinajstić information content (AvgIpc) is 3.65. The summed E-state index contributed by atoms with van der Waals surface area (Å²) in [6.45, 7) is 4.01. The summed E-state index contributed by atoms with van der Waals surface area (Å²) in [5.41, 5.74) is 3.69. The fourth-order valence-corrected chi connectivity index (χ4v) is 6.92. The van der Waals surface area contributed by atoms with Gasteiger partial charge in [0.2, 0.25) is 5.28 Å². The molecule has 13 heteroatoms. The largest absolute Gasteiger partial charge is 0.469 e. The Balaban J connectivity index is 1.37. The molecule has 0 saturated carbocycles. The Morgan fingerprint density at radius 1 is 1.10 bits per heavy atom. The van der Waals surface area contributed by atoms with Gasteiger partial charge in [0, 0.05) is 32.4 Å². The molecule has 2 aromatic heterocycles. The van der Waals surface area contributed by atoms with Crippen LogP contribution in [0.5, 0.6) is 0 Å². The maximum absolute atomic E-state index is 12.2. The van der Waals surface area contributed by atoms with Crippen LogP contribution in [0.2, 0.25) is 5.28 Å². The van der Waals surface area contributed by atoms with Crippen LogP contribution in [0.3, 0.4) is 0 Å². The smallest absolute Gasteiger partial charge is 0.308 e. The van der Waals surface area contributed by atoms with Crippen molar-refractivity contribution in [1.82, 2.24) is 19.5 Å². The second-order valence-corrected chi connectivity index (χ2v) is 11.4. The monoisotopic (exact) mass is 597 g/mol. The first-order chi connectivity index (χ1) is 20.2. The van der Waals surface area contributed by atoms with E-state index in [0.29, 0.717) is 17.0 Å². The van der Waals surface area contributed by atoms with Gasteiger partial charge >= 0.3 is 17.9 Å². The molecule has 5 atom stereocenters. The van der Waals surface area contributed by atoms with Gasteiger partial charge in [-0.15, -0.1) is 0 Å². The van der Waals surface area contributed by atoms with E-state index in [2.05, 4.69) is 44.1 Å². The molecule has 4 heterocycles. The summed E-state index contributed by atoms with van der Waals surface area (Å²) >= 11 is 6.48. The number of anilines is 1. The number of fused-ring (bicyclic) bond motifs is 3. The fourth-order valence-electron chi connectivity index (χ4n) is 6.76. The van der Waals surface area contributed by atoms with Gasteiger partial charge < -0.3 is 23.8 Å². The molecule has 1 aromatic carbocycles. The van der Waals surface area contributed by atoms with Crippen LogP contribution in [0.15, 0.2) is 30.6 Å². The summed E-state index contributed by atoms with van der Waals surface area (Å²) in [5.74, 6) is -1.20. The summed E-state index contributed by atoms with van der Waals surface area (Å²) in [4.78, 5) is 52.2. The molecular formula is C29H32ClN5O7. The molecule has 3 aliphatic rings. The Hall–Kier alpha value is -3.77. The molecule has 0 radical (unpaired) electrons. The quantitative estimate of drug-likeness (QED) is 0.235. The van der Waals surface area contributed by atoms with Crippen LogP contribution < -0.4 is 4.90 Å². The van der Waals surface area contributed by atoms with E-state index in [4.69, 9.17) is 30.5 Å². The molecule has 1 aliphatic carbocycles. The molecule has 1 unspecified atom stereocenters. The van der Waals surface area contributed by atoms with E-state index in [1.165, 1.54) is 38.4 Å². The number of carbonyl (C=O) groups excluding carboxylic acids is 3. The third kappa shape index (κ3) is 5.06. The Labute approximate surface area is 247 Å². The highest BCUT2D eigenvalue weighted by molar-refractivity contribution is 6.28. The zero-order valence-corrected chi connectivity index (χ0v) is 24.4. The highest BCUT2D eigenvalue weighted by Crippen LogP contribution is 2.46. The number of hydrogen-bond acceptors (Lipinski definition) is 11. The maximum atomic E-state index is 12.2. The van der Waals surface area contributed by atoms with Crippen LogP contribution in [0, 0.1) is 0 Å². The van der Waals surface area contributed by atoms with Gasteiger partial charge in [-0.1, -0.05) is 24.3 Å². The summed E-state index contributed by atoms with van der Waals surface area (Å²) in [6.07, 6.45) is 1.43. The lowest BCUT2D eigenvalue weighted by atomic mass is 9.69. The normalized spacial score (nSPS) is 26.8. The number of rotatable bonds is 6. The highest BCUT2D eigenvalue weighted by Gasteiger charge is 2.51. The number of aromatic nitrogens is 4. The molecular weight excluding hydrogens is 566 g/mol. The van der Waals surface area contributed by atoms with Crippen molar-refractivity contribution in [3.8, 4) is 0 Å². The number of hydrogen-bond donors (Lipinski definition) is 0. The van der Waals surface area contributed by atoms with Crippen molar-refractivity contribution in [2.24, 2.45) is 0 Å². The van der Waals surface area contributed by atoms with Gasteiger partial charge in [0.15, 0.2) is 35.4 Å². The zero-order chi connectivity index (χ0) is 29.6. The van der Waals surface area contributed by atoms with E-state index in [-0.39, 0.29) is 17.1 Å². The van der Waals surface area contributed by atoms with Crippen molar-refractivity contribution in [3.63, 3.8) is 0 Å². The lowest BCUT2D eigenvalue weighted by Gasteiger charge is -2.36. The Morgan fingerprint density at radius 3 is 2.62 bits per heavy atom. The van der Waals surface area contributed by atoms with Gasteiger partial charge in [0.25, 0.3) is 0 Å². The average molecular weight is 598 g/mol. The van der Waals surface area contributed by atoms with Gasteiger partial charge in [0.1, 0.15) is 6.10 Å². The van der Waals surface area contributed by atoms with Gasteiger partial charge in [-0.25, -0.2) is 4.98 Å². The predicted octanol–water partition coefficient (Wildman–Crippen LogP) is 3.29. The first-order valence-electron chi connectivity index (χ1n) is 14.0. The van der Waals surface area contributed by atoms with E-state index in [1.54, 1.807) is 4.57 Å². The number of aryl methyl sites for hydroxylation is 1. The van der Waals surface area contributed by atoms with Gasteiger partial charge in [-0.05, 0) is 48.4 Å². The minimum atomic E-state index is -1.09. The number of halogens is 1. The molecule has 2 aliphatic heterocycles. The fraction of sp³-hybridized carbons (Fsp3) is 0.517. The molecule has 2 fully saturated rings. The van der Waals surface area contributed by atoms with E-state index in [0.717, 1.165) is 38.8 Å². The van der Waals surface area contributed by atoms with Crippen molar-refractivity contribution in [1.29, 1.82) is 0 Å². The molecule has 42 heavy (non-hydrogen) atoms. The molecule has 3 aromatic rings. The van der Waals surface area contributed by atoms with E-state index < -0.39 is 42.4 Å². The van der Waals surface area contributed by atoms with Crippen LogP contribution in [0.1, 0.15) is 56.9 Å². The number of ether oxygens (including phenoxy) is 4. The van der Waals surface area contributed by atoms with Crippen LogP contribution in [-0.2, 0) is 45.2 Å². The molecule has 222 valence electrons. The minimum Gasteiger partial charge on any atom is -0.469 e. The molecule has 6 rings (SSSR count). The first kappa shape index (κ1) is 28.4. The van der Waals surface area contributed by atoms with E-state index in [9.17, 15) is 14.4 Å². The highest BCUT2D eigenvalue weighted by atomic mass is 35.5. The number of esters is 3. The maximum Gasteiger partial charge on any atom is 0.308 e. The van der Waals surface area contributed by atoms with Crippen LogP contribution in [0.4, 0.5) is 5.82 Å². The summed E-state index contributed by atoms with van der Waals surface area (Å²) in [5, 5.41) is 0.0222. The number of methoxy groups -OCH3 is 1. The number of benzene rings is 1. The predicted molar refractivity (Wildman–Crippen MR) is 150 cm³/mol. The number of imidazole rings is 1. The van der Waals surface area contributed by atoms with Crippen molar-refractivity contribution in [2.45, 2.75) is 75.9 Å². The molecule has 1 spiro atoms. The molecule has 12 nitrogen and oxygen atoms in total. The number of carbonyl (C=O) groups is 3. The lowest BCUT2D eigenvalue weighted by Crippen LogP contribution is -2.39. The molecule has 0 amide bonds. The Morgan fingerprint density at radius 2 is 1.86 bits per heavy atom. The summed E-state index contributed by atoms with van der Waals surface area (Å²) in [7, 11) is 1.25. The van der Waals surface area contributed by atoms with Crippen LogP contribution >= 0.6 is 11.6 Å². The van der Waals surface area contributed by atoms with Gasteiger partial charge in [-0.2, -0.15) is 9.97 Å². The van der Waals surface area contributed by atoms with Crippen LogP contribution in [-0.4, -0.2) is 75.9 Å². The van der Waals surface area contributed by atoms with Gasteiger partial charge in [-0.3, -0.25) is 19.0 Å². The minimum absolute atomic E-state index is 0.0222. The SMILES string of the molecule is COC(=O)C[C@H]1O[C@@H](n2cnc3c(N4CCC5(CCCc6ccccc65)C4)nc(Cl)nc32)[C@H](OC(C)=O)[C@@H]1OC(C)=O. The summed E-state index contributed by atoms with van der Waals surface area (Å²) in [6, 6.07) is 8.67. The molecule has 0 N–H and O–H groups in total. The lowest BCUT2D eigenvalue weighted by molar-refractivity contribution is -0.165. The zero-order valence-electron chi connectivity index (χ0n) is 23.6. The van der Waals surface area contributed by atoms with Crippen molar-refractivity contribution in [3.05, 3.63) is 47.0 Å². The van der Waals surface area contributed by atoms with E-state index in [1.807, 2.05) is 0 Å². The third-order valence-corrected chi connectivity index (χ3v) is 8.65. The summed E-state index contributed by atoms with van der Waals surface area (Å²) < 4.78 is 23.7. The number of nitrogens with zero attached hydrogens (tertiary/aromatic N) is 5. The third-order valence-electron chi connectivity index (χ3n) is 8.48. The Kier molecular flexibility index (Phi) is 7.52. The standard InChI is InChI=1S/C29H32ClN5O7/c1-16(36)40-23-20(13-21(38)39-3)42-27(24(23)41-17(2)37)35-15-31-22-25(32-28(30)33-26(22)35)34-12-11-29(14-34)10-6-8-18-7-4-5-9-19(18)29/h4-5,7,9,15,20,23-24,27H,6,8,10-14H2,1-3H3/t20-,23-,24-,27-,29?/m1/s1. The molecule has 0 bridgehead atoms. The van der Waals surface area contributed by atoms with E-state index >= 15 is 0 Å². The topological polar surface area (TPSA) is 135 Å². The Bertz CT molecular complexity index is 1550. The first-order valence-corrected chi connectivity index (χ1v) is 14.4. The second kappa shape index (κ2) is 11.1. The van der Waals surface area contributed by atoms with Crippen molar-refractivity contribution >= 4 is 46.5 Å². The van der Waals surface area contributed by atoms with Crippen LogP contribution in [0.25, 0.3) is 11.2 Å².